The standard InChI is InChI=1S/C28H25F2N5O6/c1-35(2)22-21(38)18(25(32)41)23(39)27(10-31)24(40)19-20(37)17-13(8-26(19,33)9-28(22,27)34)12(4-6-16(17)36)11-3-5-14(29)15(30)7-11/h3-7,22,36-37,39H,8-9,33-34H2,1-2H3,(H2,32,41)/t22-,26-,27+,28-/m1/s1. The number of aliphatic hydroxyl groups excluding tert-OH is 2. The maximum atomic E-state index is 14.3. The molecule has 1 amide bonds. The van der Waals surface area contributed by atoms with Crippen LogP contribution in [0.3, 0.4) is 0 Å². The van der Waals surface area contributed by atoms with Crippen LogP contribution in [0.5, 0.6) is 5.75 Å². The van der Waals surface area contributed by atoms with Crippen molar-refractivity contribution in [3.05, 3.63) is 70.0 Å². The van der Waals surface area contributed by atoms with E-state index in [1.165, 1.54) is 37.2 Å². The van der Waals surface area contributed by atoms with Gasteiger partial charge in [-0.2, -0.15) is 5.26 Å². The van der Waals surface area contributed by atoms with E-state index in [1.807, 2.05) is 0 Å². The molecule has 0 saturated heterocycles. The molecule has 5 rings (SSSR count). The molecule has 0 heterocycles. The predicted octanol–water partition coefficient (Wildman–Crippen LogP) is 0.851. The smallest absolute Gasteiger partial charge is 0.255 e. The predicted molar refractivity (Wildman–Crippen MR) is 140 cm³/mol. The highest BCUT2D eigenvalue weighted by Gasteiger charge is 2.74. The van der Waals surface area contributed by atoms with Crippen molar-refractivity contribution in [3.8, 4) is 22.9 Å². The maximum absolute atomic E-state index is 14.3. The van der Waals surface area contributed by atoms with Gasteiger partial charge in [0.15, 0.2) is 28.6 Å². The fourth-order valence-electron chi connectivity index (χ4n) is 6.77. The van der Waals surface area contributed by atoms with Gasteiger partial charge in [-0.05, 0) is 61.8 Å². The van der Waals surface area contributed by atoms with E-state index in [9.17, 15) is 43.7 Å². The van der Waals surface area contributed by atoms with Crippen LogP contribution in [0.25, 0.3) is 16.9 Å². The van der Waals surface area contributed by atoms with Gasteiger partial charge >= 0.3 is 0 Å². The molecule has 0 unspecified atom stereocenters. The van der Waals surface area contributed by atoms with Crippen LogP contribution in [0.15, 0.2) is 47.2 Å². The Hall–Kier alpha value is -4.64. The Balaban J connectivity index is 1.86. The Morgan fingerprint density at radius 3 is 2.32 bits per heavy atom. The molecule has 2 aromatic rings. The molecule has 0 spiro atoms. The van der Waals surface area contributed by atoms with E-state index in [1.54, 1.807) is 6.07 Å². The number of nitrogens with zero attached hydrogens (tertiary/aromatic N) is 2. The number of aliphatic hydroxyl groups is 2. The second-order valence-electron chi connectivity index (χ2n) is 10.9. The summed E-state index contributed by atoms with van der Waals surface area (Å²) in [6.45, 7) is 0. The molecule has 2 aromatic carbocycles. The van der Waals surface area contributed by atoms with Crippen LogP contribution in [-0.4, -0.2) is 68.9 Å². The minimum atomic E-state index is -2.78. The molecule has 0 bridgehead atoms. The number of halogens is 2. The largest absolute Gasteiger partial charge is 0.509 e. The van der Waals surface area contributed by atoms with Gasteiger partial charge in [0.2, 0.25) is 0 Å². The van der Waals surface area contributed by atoms with Crippen molar-refractivity contribution in [1.29, 1.82) is 5.26 Å². The Morgan fingerprint density at radius 2 is 1.76 bits per heavy atom. The Kier molecular flexibility index (Phi) is 5.91. The third-order valence-corrected chi connectivity index (χ3v) is 8.36. The monoisotopic (exact) mass is 565 g/mol. The number of nitriles is 1. The molecule has 1 fully saturated rings. The van der Waals surface area contributed by atoms with Crippen molar-refractivity contribution in [2.45, 2.75) is 30.0 Å². The van der Waals surface area contributed by atoms with E-state index in [4.69, 9.17) is 17.2 Å². The molecule has 41 heavy (non-hydrogen) atoms. The number of aromatic hydroxyl groups is 1. The van der Waals surface area contributed by atoms with E-state index in [0.717, 1.165) is 12.1 Å². The van der Waals surface area contributed by atoms with E-state index in [-0.39, 0.29) is 28.7 Å². The van der Waals surface area contributed by atoms with Crippen molar-refractivity contribution in [1.82, 2.24) is 4.90 Å². The number of primary amides is 1. The zero-order valence-corrected chi connectivity index (χ0v) is 21.8. The molecule has 11 nitrogen and oxygen atoms in total. The quantitative estimate of drug-likeness (QED) is 0.288. The number of hydrogen-bond donors (Lipinski definition) is 6. The lowest BCUT2D eigenvalue weighted by Gasteiger charge is -2.58. The van der Waals surface area contributed by atoms with Crippen LogP contribution in [-0.2, 0) is 20.8 Å². The molecule has 3 aliphatic rings. The highest BCUT2D eigenvalue weighted by molar-refractivity contribution is 6.25. The van der Waals surface area contributed by atoms with Gasteiger partial charge < -0.3 is 32.5 Å². The molecule has 3 aliphatic carbocycles. The van der Waals surface area contributed by atoms with Gasteiger partial charge in [-0.25, -0.2) is 8.78 Å². The fraction of sp³-hybridized carbons (Fsp3) is 0.286. The molecule has 9 N–H and O–H groups in total. The lowest BCUT2D eigenvalue weighted by Crippen LogP contribution is -2.80. The molecule has 0 aliphatic heterocycles. The zero-order valence-electron chi connectivity index (χ0n) is 21.8. The minimum Gasteiger partial charge on any atom is -0.509 e. The van der Waals surface area contributed by atoms with Crippen molar-refractivity contribution in [3.63, 3.8) is 0 Å². The van der Waals surface area contributed by atoms with Crippen LogP contribution in [0.2, 0.25) is 0 Å². The van der Waals surface area contributed by atoms with Gasteiger partial charge in [-0.3, -0.25) is 19.3 Å². The summed E-state index contributed by atoms with van der Waals surface area (Å²) in [4.78, 5) is 41.3. The van der Waals surface area contributed by atoms with E-state index < -0.39 is 86.5 Å². The number of Topliss-reactive ketones (excluding diaryl/α,β-unsaturated/α-hetero) is 2. The van der Waals surface area contributed by atoms with E-state index in [0.29, 0.717) is 0 Å². The Bertz CT molecular complexity index is 1710. The number of likely N-dealkylation sites (N-methyl/N-ethyl adjacent to an activating group) is 1. The highest BCUT2D eigenvalue weighted by atomic mass is 19.2. The average molecular weight is 566 g/mol. The summed E-state index contributed by atoms with van der Waals surface area (Å²) in [6, 6.07) is 5.79. The Labute approximate surface area is 231 Å². The van der Waals surface area contributed by atoms with Gasteiger partial charge in [-0.1, -0.05) is 12.1 Å². The van der Waals surface area contributed by atoms with Gasteiger partial charge in [0, 0.05) is 0 Å². The zero-order chi connectivity index (χ0) is 30.4. The number of fused-ring (bicyclic) bond motifs is 3. The second kappa shape index (κ2) is 8.68. The second-order valence-corrected chi connectivity index (χ2v) is 10.9. The van der Waals surface area contributed by atoms with Crippen LogP contribution in [0.4, 0.5) is 8.78 Å². The van der Waals surface area contributed by atoms with Crippen molar-refractivity contribution < 1.29 is 38.5 Å². The van der Waals surface area contributed by atoms with Gasteiger partial charge in [0.25, 0.3) is 5.91 Å². The van der Waals surface area contributed by atoms with Gasteiger partial charge in [0.1, 0.15) is 22.8 Å². The number of benzene rings is 2. The number of hydrogen-bond acceptors (Lipinski definition) is 10. The molecule has 13 heteroatoms. The summed E-state index contributed by atoms with van der Waals surface area (Å²) in [6.07, 6.45) is -0.881. The lowest BCUT2D eigenvalue weighted by molar-refractivity contribution is -0.139. The normalized spacial score (nSPS) is 29.2. The molecule has 4 atom stereocenters. The summed E-state index contributed by atoms with van der Waals surface area (Å²) < 4.78 is 27.8. The number of ketones is 2. The minimum absolute atomic E-state index is 0.154. The lowest BCUT2D eigenvalue weighted by atomic mass is 9.47. The first-order valence-corrected chi connectivity index (χ1v) is 12.3. The van der Waals surface area contributed by atoms with Crippen molar-refractivity contribution in [2.75, 3.05) is 14.1 Å². The topological polar surface area (TPSA) is 217 Å². The van der Waals surface area contributed by atoms with E-state index >= 15 is 0 Å². The number of carbonyl (C=O) groups is 3. The fourth-order valence-corrected chi connectivity index (χ4v) is 6.77. The third kappa shape index (κ3) is 3.35. The molecule has 212 valence electrons. The summed E-state index contributed by atoms with van der Waals surface area (Å²) in [5.74, 6) is -8.56. The summed E-state index contributed by atoms with van der Waals surface area (Å²) in [5.41, 5.74) is 10.8. The molecule has 0 aromatic heterocycles. The molecule has 0 radical (unpaired) electrons. The van der Waals surface area contributed by atoms with Crippen LogP contribution < -0.4 is 17.2 Å². The highest BCUT2D eigenvalue weighted by Crippen LogP contribution is 2.58. The van der Waals surface area contributed by atoms with Crippen LogP contribution >= 0.6 is 0 Å². The van der Waals surface area contributed by atoms with E-state index in [2.05, 4.69) is 0 Å². The van der Waals surface area contributed by atoms with Gasteiger partial charge in [0.05, 0.1) is 34.3 Å². The maximum Gasteiger partial charge on any atom is 0.255 e. The Morgan fingerprint density at radius 1 is 1.10 bits per heavy atom. The summed E-state index contributed by atoms with van der Waals surface area (Å²) in [7, 11) is 2.82. The number of rotatable bonds is 3. The average Bonchev–Trinajstić information content (AvgIpc) is 2.84. The van der Waals surface area contributed by atoms with Gasteiger partial charge in [-0.15, -0.1) is 0 Å². The number of amides is 1. The molecular weight excluding hydrogens is 540 g/mol. The summed E-state index contributed by atoms with van der Waals surface area (Å²) in [5, 5.41) is 43.9. The first kappa shape index (κ1) is 27.9. The van der Waals surface area contributed by atoms with Crippen LogP contribution in [0.1, 0.15) is 17.5 Å². The number of carbonyl (C=O) groups excluding carboxylic acids is 3. The van der Waals surface area contributed by atoms with Crippen molar-refractivity contribution >= 4 is 23.2 Å². The number of phenolic OH excluding ortho intramolecular Hbond substituents is 1. The number of phenols is 1. The first-order chi connectivity index (χ1) is 19.1. The molecular formula is C28H25F2N5O6. The summed E-state index contributed by atoms with van der Waals surface area (Å²) >= 11 is 0. The number of nitrogens with two attached hydrogens (primary N) is 3. The van der Waals surface area contributed by atoms with Crippen molar-refractivity contribution in [2.24, 2.45) is 22.6 Å². The third-order valence-electron chi connectivity index (χ3n) is 8.36. The van der Waals surface area contributed by atoms with Crippen LogP contribution in [0, 0.1) is 28.4 Å². The molecule has 1 saturated carbocycles. The SMILES string of the molecule is CN(C)[C@@H]1C(=O)C(C(N)=O)=C(O)[C@@]2(C#N)C(=O)C3=C(O)c4c(O)ccc(-c5ccc(F)c(F)c5)c4C[C@@]3(N)C[C@@]12N. The first-order valence-electron chi connectivity index (χ1n) is 12.3.